The van der Waals surface area contributed by atoms with E-state index < -0.39 is 0 Å². The quantitative estimate of drug-likeness (QED) is 0.893. The third kappa shape index (κ3) is 3.15. The first kappa shape index (κ1) is 12.2. The third-order valence-corrected chi connectivity index (χ3v) is 3.22. The van der Waals surface area contributed by atoms with E-state index in [1.807, 2.05) is 26.0 Å². The summed E-state index contributed by atoms with van der Waals surface area (Å²) < 4.78 is 11.0. The van der Waals surface area contributed by atoms with Gasteiger partial charge in [-0.15, -0.1) is 0 Å². The average molecular weight is 258 g/mol. The second kappa shape index (κ2) is 5.05. The smallest absolute Gasteiger partial charge is 0.399 e. The van der Waals surface area contributed by atoms with Crippen molar-refractivity contribution in [3.63, 3.8) is 0 Å². The standard InChI is InChI=1S/C15H18N2O2/c1-10-3-4-11(2)14(7-10)19-15-17-13(9-18-15)8-16-12-5-6-12/h3-4,7,9,12,16H,5-6,8H2,1-2H3. The molecule has 19 heavy (non-hydrogen) atoms. The predicted molar refractivity (Wildman–Crippen MR) is 72.4 cm³/mol. The van der Waals surface area contributed by atoms with Crippen molar-refractivity contribution in [2.24, 2.45) is 0 Å². The molecule has 1 saturated carbocycles. The van der Waals surface area contributed by atoms with E-state index in [0.717, 1.165) is 29.1 Å². The molecule has 3 rings (SSSR count). The third-order valence-electron chi connectivity index (χ3n) is 3.22. The van der Waals surface area contributed by atoms with E-state index in [1.165, 1.54) is 12.8 Å². The zero-order valence-electron chi connectivity index (χ0n) is 11.3. The van der Waals surface area contributed by atoms with Gasteiger partial charge in [0.2, 0.25) is 0 Å². The molecule has 1 N–H and O–H groups in total. The van der Waals surface area contributed by atoms with E-state index >= 15 is 0 Å². The number of hydrogen-bond acceptors (Lipinski definition) is 4. The van der Waals surface area contributed by atoms with Crippen LogP contribution in [0.1, 0.15) is 29.7 Å². The molecule has 0 bridgehead atoms. The molecule has 100 valence electrons. The van der Waals surface area contributed by atoms with Crippen molar-refractivity contribution in [1.29, 1.82) is 0 Å². The Morgan fingerprint density at radius 1 is 1.37 bits per heavy atom. The zero-order chi connectivity index (χ0) is 13.2. The second-order valence-corrected chi connectivity index (χ2v) is 5.13. The minimum Gasteiger partial charge on any atom is -0.417 e. The summed E-state index contributed by atoms with van der Waals surface area (Å²) in [7, 11) is 0. The molecular formula is C15H18N2O2. The lowest BCUT2D eigenvalue weighted by molar-refractivity contribution is 0.329. The molecule has 1 fully saturated rings. The second-order valence-electron chi connectivity index (χ2n) is 5.13. The Hall–Kier alpha value is -1.81. The van der Waals surface area contributed by atoms with Crippen LogP contribution < -0.4 is 10.1 Å². The molecule has 1 aliphatic carbocycles. The minimum absolute atomic E-state index is 0.307. The van der Waals surface area contributed by atoms with Crippen molar-refractivity contribution < 1.29 is 9.15 Å². The number of aryl methyl sites for hydroxylation is 2. The largest absolute Gasteiger partial charge is 0.417 e. The Morgan fingerprint density at radius 2 is 2.21 bits per heavy atom. The van der Waals surface area contributed by atoms with Crippen molar-refractivity contribution >= 4 is 0 Å². The molecule has 1 aliphatic rings. The Morgan fingerprint density at radius 3 is 3.00 bits per heavy atom. The number of oxazole rings is 1. The molecule has 1 aromatic heterocycles. The fourth-order valence-electron chi connectivity index (χ4n) is 1.86. The van der Waals surface area contributed by atoms with Gasteiger partial charge in [-0.05, 0) is 43.9 Å². The van der Waals surface area contributed by atoms with Crippen molar-refractivity contribution in [2.75, 3.05) is 0 Å². The number of benzene rings is 1. The first-order chi connectivity index (χ1) is 9.20. The van der Waals surface area contributed by atoms with Gasteiger partial charge in [0.25, 0.3) is 0 Å². The summed E-state index contributed by atoms with van der Waals surface area (Å²) in [5, 5.41) is 3.39. The van der Waals surface area contributed by atoms with Crippen molar-refractivity contribution in [3.05, 3.63) is 41.3 Å². The van der Waals surface area contributed by atoms with Crippen LogP contribution >= 0.6 is 0 Å². The Kier molecular flexibility index (Phi) is 3.25. The van der Waals surface area contributed by atoms with Crippen molar-refractivity contribution in [2.45, 2.75) is 39.3 Å². The zero-order valence-corrected chi connectivity index (χ0v) is 11.3. The van der Waals surface area contributed by atoms with E-state index in [1.54, 1.807) is 6.26 Å². The van der Waals surface area contributed by atoms with Gasteiger partial charge in [0.05, 0.1) is 5.69 Å². The van der Waals surface area contributed by atoms with Crippen LogP contribution in [-0.2, 0) is 6.54 Å². The van der Waals surface area contributed by atoms with Gasteiger partial charge in [-0.25, -0.2) is 0 Å². The van der Waals surface area contributed by atoms with Crippen LogP contribution in [0.4, 0.5) is 0 Å². The Labute approximate surface area is 112 Å². The number of hydrogen-bond donors (Lipinski definition) is 1. The highest BCUT2D eigenvalue weighted by Crippen LogP contribution is 2.25. The lowest BCUT2D eigenvalue weighted by atomic mass is 10.1. The SMILES string of the molecule is Cc1ccc(C)c(Oc2nc(CNC3CC3)co2)c1. The summed E-state index contributed by atoms with van der Waals surface area (Å²) in [6.07, 6.45) is 4.49. The van der Waals surface area contributed by atoms with Crippen LogP contribution in [0.2, 0.25) is 0 Å². The fraction of sp³-hybridized carbons (Fsp3) is 0.400. The number of aromatic nitrogens is 1. The molecular weight excluding hydrogens is 240 g/mol. The van der Waals surface area contributed by atoms with Gasteiger partial charge >= 0.3 is 6.08 Å². The van der Waals surface area contributed by atoms with Gasteiger partial charge in [0.15, 0.2) is 0 Å². The van der Waals surface area contributed by atoms with E-state index in [-0.39, 0.29) is 0 Å². The maximum atomic E-state index is 5.69. The first-order valence-corrected chi connectivity index (χ1v) is 6.63. The summed E-state index contributed by atoms with van der Waals surface area (Å²) in [5.74, 6) is 0.795. The van der Waals surface area contributed by atoms with Gasteiger partial charge in [-0.1, -0.05) is 12.1 Å². The molecule has 1 aromatic carbocycles. The molecule has 0 radical (unpaired) electrons. The number of nitrogens with one attached hydrogen (secondary N) is 1. The van der Waals surface area contributed by atoms with E-state index in [4.69, 9.17) is 9.15 Å². The lowest BCUT2D eigenvalue weighted by Crippen LogP contribution is -2.15. The molecule has 2 aromatic rings. The number of rotatable bonds is 5. The van der Waals surface area contributed by atoms with E-state index in [2.05, 4.69) is 16.4 Å². The first-order valence-electron chi connectivity index (χ1n) is 6.63. The van der Waals surface area contributed by atoms with Crippen LogP contribution in [0.15, 0.2) is 28.9 Å². The maximum Gasteiger partial charge on any atom is 0.399 e. The van der Waals surface area contributed by atoms with Crippen LogP contribution in [0.5, 0.6) is 11.8 Å². The molecule has 0 saturated heterocycles. The van der Waals surface area contributed by atoms with Crippen molar-refractivity contribution in [3.8, 4) is 11.8 Å². The molecule has 1 heterocycles. The molecule has 0 atom stereocenters. The predicted octanol–water partition coefficient (Wildman–Crippen LogP) is 3.34. The van der Waals surface area contributed by atoms with Gasteiger partial charge in [0, 0.05) is 12.6 Å². The Bertz CT molecular complexity index is 573. The topological polar surface area (TPSA) is 47.3 Å². The molecule has 4 nitrogen and oxygen atoms in total. The average Bonchev–Trinajstić information content (AvgIpc) is 3.12. The highest BCUT2D eigenvalue weighted by atomic mass is 16.6. The number of ether oxygens (including phenoxy) is 1. The summed E-state index contributed by atoms with van der Waals surface area (Å²) in [5.41, 5.74) is 3.11. The maximum absolute atomic E-state index is 5.69. The normalized spacial score (nSPS) is 14.6. The van der Waals surface area contributed by atoms with Crippen LogP contribution in [0, 0.1) is 13.8 Å². The van der Waals surface area contributed by atoms with E-state index in [9.17, 15) is 0 Å². The number of nitrogens with zero attached hydrogens (tertiary/aromatic N) is 1. The monoisotopic (exact) mass is 258 g/mol. The summed E-state index contributed by atoms with van der Waals surface area (Å²) in [6, 6.07) is 6.74. The highest BCUT2D eigenvalue weighted by Gasteiger charge is 2.20. The Balaban J connectivity index is 1.66. The van der Waals surface area contributed by atoms with Crippen LogP contribution in [-0.4, -0.2) is 11.0 Å². The molecule has 0 aliphatic heterocycles. The van der Waals surface area contributed by atoms with Gasteiger partial charge in [0.1, 0.15) is 12.0 Å². The minimum atomic E-state index is 0.307. The fourth-order valence-corrected chi connectivity index (χ4v) is 1.86. The van der Waals surface area contributed by atoms with Crippen LogP contribution in [0.25, 0.3) is 0 Å². The van der Waals surface area contributed by atoms with Gasteiger partial charge in [-0.3, -0.25) is 0 Å². The van der Waals surface area contributed by atoms with Crippen LogP contribution in [0.3, 0.4) is 0 Å². The lowest BCUT2D eigenvalue weighted by Gasteiger charge is -2.05. The van der Waals surface area contributed by atoms with E-state index in [0.29, 0.717) is 12.1 Å². The molecule has 0 spiro atoms. The summed E-state index contributed by atoms with van der Waals surface area (Å²) in [4.78, 5) is 4.32. The molecule has 4 heteroatoms. The van der Waals surface area contributed by atoms with Gasteiger partial charge in [-0.2, -0.15) is 4.98 Å². The highest BCUT2D eigenvalue weighted by molar-refractivity contribution is 5.37. The molecule has 0 amide bonds. The van der Waals surface area contributed by atoms with Gasteiger partial charge < -0.3 is 14.5 Å². The summed E-state index contributed by atoms with van der Waals surface area (Å²) in [6.45, 7) is 4.78. The summed E-state index contributed by atoms with van der Waals surface area (Å²) >= 11 is 0. The molecule has 0 unspecified atom stereocenters. The van der Waals surface area contributed by atoms with Crippen molar-refractivity contribution in [1.82, 2.24) is 10.3 Å².